The highest BCUT2D eigenvalue weighted by Gasteiger charge is 2.29. The summed E-state index contributed by atoms with van der Waals surface area (Å²) in [7, 11) is -3.28. The third-order valence-electron chi connectivity index (χ3n) is 4.59. The molecule has 0 bridgehead atoms. The van der Waals surface area contributed by atoms with Gasteiger partial charge in [-0.2, -0.15) is 0 Å². The molecule has 0 radical (unpaired) electrons. The Bertz CT molecular complexity index is 630. The molecule has 2 heterocycles. The third-order valence-corrected chi connectivity index (χ3v) is 5.74. The lowest BCUT2D eigenvalue weighted by Gasteiger charge is -2.28. The quantitative estimate of drug-likeness (QED) is 0.835. The second kappa shape index (κ2) is 5.50. The Morgan fingerprint density at radius 1 is 1.19 bits per heavy atom. The first-order chi connectivity index (χ1) is 9.97. The van der Waals surface area contributed by atoms with Crippen molar-refractivity contribution in [1.82, 2.24) is 4.90 Å². The lowest BCUT2D eigenvalue weighted by Crippen LogP contribution is -2.37. The van der Waals surface area contributed by atoms with E-state index in [0.717, 1.165) is 31.7 Å². The molecule has 116 valence electrons. The number of benzene rings is 1. The first kappa shape index (κ1) is 14.7. The zero-order valence-electron chi connectivity index (χ0n) is 12.5. The van der Waals surface area contributed by atoms with Gasteiger partial charge in [0, 0.05) is 31.9 Å². The molecule has 21 heavy (non-hydrogen) atoms. The van der Waals surface area contributed by atoms with Crippen LogP contribution in [-0.4, -0.2) is 51.8 Å². The van der Waals surface area contributed by atoms with Crippen molar-refractivity contribution >= 4 is 21.2 Å². The third kappa shape index (κ3) is 2.87. The lowest BCUT2D eigenvalue weighted by atomic mass is 10.2. The summed E-state index contributed by atoms with van der Waals surface area (Å²) in [6.07, 6.45) is 4.79. The molecule has 0 aromatic heterocycles. The average Bonchev–Trinajstić information content (AvgIpc) is 2.75. The molecule has 2 aliphatic rings. The Kier molecular flexibility index (Phi) is 3.84. The summed E-state index contributed by atoms with van der Waals surface area (Å²) in [6, 6.07) is 5.90. The second-order valence-corrected chi connectivity index (χ2v) is 8.08. The SMILES string of the molecule is CS(=O)(=O)c1cccc(N2CCCN3CCCC3C2)c1N. The molecule has 1 aromatic carbocycles. The van der Waals surface area contributed by atoms with Crippen LogP contribution in [0, 0.1) is 0 Å². The van der Waals surface area contributed by atoms with Gasteiger partial charge in [0.15, 0.2) is 9.84 Å². The minimum Gasteiger partial charge on any atom is -0.396 e. The monoisotopic (exact) mass is 309 g/mol. The Balaban J connectivity index is 1.93. The van der Waals surface area contributed by atoms with E-state index in [1.54, 1.807) is 12.1 Å². The van der Waals surface area contributed by atoms with E-state index in [2.05, 4.69) is 9.80 Å². The molecule has 2 fully saturated rings. The Morgan fingerprint density at radius 2 is 1.95 bits per heavy atom. The van der Waals surface area contributed by atoms with E-state index in [0.29, 0.717) is 11.7 Å². The number of nitrogens with zero attached hydrogens (tertiary/aromatic N) is 2. The number of anilines is 2. The van der Waals surface area contributed by atoms with Crippen LogP contribution in [0.5, 0.6) is 0 Å². The Morgan fingerprint density at radius 3 is 2.71 bits per heavy atom. The lowest BCUT2D eigenvalue weighted by molar-refractivity contribution is 0.273. The average molecular weight is 309 g/mol. The van der Waals surface area contributed by atoms with Crippen LogP contribution < -0.4 is 10.6 Å². The van der Waals surface area contributed by atoms with Gasteiger partial charge in [0.2, 0.25) is 0 Å². The van der Waals surface area contributed by atoms with Crippen LogP contribution in [0.2, 0.25) is 0 Å². The van der Waals surface area contributed by atoms with Crippen LogP contribution >= 0.6 is 0 Å². The first-order valence-electron chi connectivity index (χ1n) is 7.54. The molecule has 2 saturated heterocycles. The molecular weight excluding hydrogens is 286 g/mol. The van der Waals surface area contributed by atoms with Gasteiger partial charge in [0.25, 0.3) is 0 Å². The fourth-order valence-corrected chi connectivity index (χ4v) is 4.39. The fraction of sp³-hybridized carbons (Fsp3) is 0.600. The van der Waals surface area contributed by atoms with E-state index in [1.807, 2.05) is 6.07 Å². The summed E-state index contributed by atoms with van der Waals surface area (Å²) < 4.78 is 23.7. The maximum Gasteiger partial charge on any atom is 0.177 e. The molecule has 5 nitrogen and oxygen atoms in total. The van der Waals surface area contributed by atoms with Gasteiger partial charge in [-0.15, -0.1) is 0 Å². The van der Waals surface area contributed by atoms with E-state index in [4.69, 9.17) is 5.73 Å². The molecule has 3 rings (SSSR count). The van der Waals surface area contributed by atoms with Crippen LogP contribution in [-0.2, 0) is 9.84 Å². The molecule has 0 aliphatic carbocycles. The normalized spacial score (nSPS) is 23.9. The number of hydrogen-bond donors (Lipinski definition) is 1. The van der Waals surface area contributed by atoms with Crippen molar-refractivity contribution in [3.63, 3.8) is 0 Å². The molecule has 1 atom stereocenters. The number of rotatable bonds is 2. The predicted molar refractivity (Wildman–Crippen MR) is 85.4 cm³/mol. The minimum atomic E-state index is -3.28. The summed E-state index contributed by atoms with van der Waals surface area (Å²) in [6.45, 7) is 4.20. The van der Waals surface area contributed by atoms with Crippen molar-refractivity contribution in [2.45, 2.75) is 30.2 Å². The molecule has 0 amide bonds. The largest absolute Gasteiger partial charge is 0.396 e. The number of para-hydroxylation sites is 1. The molecule has 6 heteroatoms. The molecule has 1 unspecified atom stereocenters. The molecule has 1 aromatic rings. The van der Waals surface area contributed by atoms with Crippen molar-refractivity contribution in [3.05, 3.63) is 18.2 Å². The van der Waals surface area contributed by atoms with Crippen molar-refractivity contribution in [1.29, 1.82) is 0 Å². The highest BCUT2D eigenvalue weighted by molar-refractivity contribution is 7.90. The Hall–Kier alpha value is -1.27. The van der Waals surface area contributed by atoms with Crippen molar-refractivity contribution < 1.29 is 8.42 Å². The zero-order valence-corrected chi connectivity index (χ0v) is 13.3. The molecule has 0 spiro atoms. The predicted octanol–water partition coefficient (Wildman–Crippen LogP) is 1.35. The molecular formula is C15H23N3O2S. The second-order valence-electron chi connectivity index (χ2n) is 6.09. The van der Waals surface area contributed by atoms with Gasteiger partial charge in [0.05, 0.1) is 16.3 Å². The van der Waals surface area contributed by atoms with E-state index < -0.39 is 9.84 Å². The van der Waals surface area contributed by atoms with Crippen LogP contribution in [0.25, 0.3) is 0 Å². The van der Waals surface area contributed by atoms with Gasteiger partial charge >= 0.3 is 0 Å². The van der Waals surface area contributed by atoms with Gasteiger partial charge in [-0.3, -0.25) is 4.90 Å². The van der Waals surface area contributed by atoms with Crippen LogP contribution in [0.15, 0.2) is 23.1 Å². The molecule has 2 N–H and O–H groups in total. The number of fused-ring (bicyclic) bond motifs is 1. The molecule has 0 saturated carbocycles. The van der Waals surface area contributed by atoms with Gasteiger partial charge < -0.3 is 10.6 Å². The van der Waals surface area contributed by atoms with Gasteiger partial charge in [-0.05, 0) is 37.9 Å². The van der Waals surface area contributed by atoms with E-state index >= 15 is 0 Å². The van der Waals surface area contributed by atoms with E-state index in [9.17, 15) is 8.42 Å². The first-order valence-corrected chi connectivity index (χ1v) is 9.43. The smallest absolute Gasteiger partial charge is 0.177 e. The summed E-state index contributed by atoms with van der Waals surface area (Å²) in [5.41, 5.74) is 7.42. The molecule has 2 aliphatic heterocycles. The van der Waals surface area contributed by atoms with Crippen molar-refractivity contribution in [3.8, 4) is 0 Å². The van der Waals surface area contributed by atoms with Gasteiger partial charge in [0.1, 0.15) is 0 Å². The minimum absolute atomic E-state index is 0.243. The van der Waals surface area contributed by atoms with Gasteiger partial charge in [-0.1, -0.05) is 6.07 Å². The number of hydrogen-bond acceptors (Lipinski definition) is 5. The zero-order chi connectivity index (χ0) is 15.0. The number of nitrogen functional groups attached to an aromatic ring is 1. The van der Waals surface area contributed by atoms with E-state index in [-0.39, 0.29) is 4.90 Å². The highest BCUT2D eigenvalue weighted by Crippen LogP contribution is 2.32. The standard InChI is InChI=1S/C15H23N3O2S/c1-21(19,20)14-7-2-6-13(15(14)16)18-10-4-9-17-8-3-5-12(17)11-18/h2,6-7,12H,3-5,8-11,16H2,1H3. The summed E-state index contributed by atoms with van der Waals surface area (Å²) >= 11 is 0. The van der Waals surface area contributed by atoms with Crippen LogP contribution in [0.3, 0.4) is 0 Å². The van der Waals surface area contributed by atoms with Crippen LogP contribution in [0.1, 0.15) is 19.3 Å². The summed E-state index contributed by atoms with van der Waals surface area (Å²) in [4.78, 5) is 5.06. The summed E-state index contributed by atoms with van der Waals surface area (Å²) in [5, 5.41) is 0. The topological polar surface area (TPSA) is 66.6 Å². The summed E-state index contributed by atoms with van der Waals surface area (Å²) in [5.74, 6) is 0. The Labute approximate surface area is 126 Å². The van der Waals surface area contributed by atoms with Gasteiger partial charge in [-0.25, -0.2) is 8.42 Å². The maximum atomic E-state index is 11.8. The van der Waals surface area contributed by atoms with Crippen molar-refractivity contribution in [2.75, 3.05) is 43.1 Å². The number of nitrogens with two attached hydrogens (primary N) is 1. The van der Waals surface area contributed by atoms with E-state index in [1.165, 1.54) is 25.6 Å². The highest BCUT2D eigenvalue weighted by atomic mass is 32.2. The maximum absolute atomic E-state index is 11.8. The number of sulfone groups is 1. The van der Waals surface area contributed by atoms with Crippen LogP contribution in [0.4, 0.5) is 11.4 Å². The fourth-order valence-electron chi connectivity index (χ4n) is 3.56. The van der Waals surface area contributed by atoms with Crippen molar-refractivity contribution in [2.24, 2.45) is 0 Å².